The molecule has 5 rings (SSSR count). The zero-order chi connectivity index (χ0) is 17.7. The van der Waals surface area contributed by atoms with Crippen LogP contribution in [-0.2, 0) is 0 Å². The standard InChI is InChI=1S/C20H24N6/c1-13-11-25(12-14(2)22-13)18-6-5-17-23-19(15-3-4-15)20(26(17)24-18)16-7-9-21-10-8-16/h5-10,13-15,22H,3-4,11-12H2,1-2H3. The number of anilines is 1. The second kappa shape index (κ2) is 6.06. The Kier molecular flexibility index (Phi) is 3.67. The SMILES string of the molecule is CC1CN(c2ccc3nc(C4CC4)c(-c4ccncc4)n3n2)CC(C)N1. The minimum atomic E-state index is 0.459. The van der Waals surface area contributed by atoms with Crippen LogP contribution in [0.1, 0.15) is 38.3 Å². The summed E-state index contributed by atoms with van der Waals surface area (Å²) in [6, 6.07) is 9.25. The first-order valence-electron chi connectivity index (χ1n) is 9.50. The van der Waals surface area contributed by atoms with Crippen molar-refractivity contribution in [2.75, 3.05) is 18.0 Å². The molecule has 1 aliphatic heterocycles. The molecule has 1 N–H and O–H groups in total. The molecular weight excluding hydrogens is 324 g/mol. The number of fused-ring (bicyclic) bond motifs is 1. The maximum atomic E-state index is 5.01. The van der Waals surface area contributed by atoms with Gasteiger partial charge < -0.3 is 10.2 Å². The zero-order valence-electron chi connectivity index (χ0n) is 15.3. The van der Waals surface area contributed by atoms with E-state index in [4.69, 9.17) is 10.1 Å². The van der Waals surface area contributed by atoms with Crippen LogP contribution >= 0.6 is 0 Å². The molecule has 3 aromatic heterocycles. The number of nitrogens with one attached hydrogen (secondary N) is 1. The normalized spacial score (nSPS) is 23.5. The van der Waals surface area contributed by atoms with E-state index in [9.17, 15) is 0 Å². The summed E-state index contributed by atoms with van der Waals surface area (Å²) < 4.78 is 2.04. The highest BCUT2D eigenvalue weighted by Crippen LogP contribution is 2.44. The summed E-state index contributed by atoms with van der Waals surface area (Å²) in [6.45, 7) is 6.40. The summed E-state index contributed by atoms with van der Waals surface area (Å²) in [6.07, 6.45) is 6.13. The summed E-state index contributed by atoms with van der Waals surface area (Å²) >= 11 is 0. The third-order valence-electron chi connectivity index (χ3n) is 5.29. The lowest BCUT2D eigenvalue weighted by atomic mass is 10.1. The van der Waals surface area contributed by atoms with Crippen molar-refractivity contribution in [2.45, 2.75) is 44.7 Å². The molecular formula is C20H24N6. The number of aromatic nitrogens is 4. The van der Waals surface area contributed by atoms with E-state index in [-0.39, 0.29) is 0 Å². The van der Waals surface area contributed by atoms with Gasteiger partial charge in [-0.25, -0.2) is 9.50 Å². The third kappa shape index (κ3) is 2.74. The lowest BCUT2D eigenvalue weighted by Gasteiger charge is -2.36. The van der Waals surface area contributed by atoms with Gasteiger partial charge in [0.25, 0.3) is 0 Å². The van der Waals surface area contributed by atoms with Crippen molar-refractivity contribution in [1.29, 1.82) is 0 Å². The first kappa shape index (κ1) is 15.8. The summed E-state index contributed by atoms with van der Waals surface area (Å²) in [5, 5.41) is 8.59. The minimum absolute atomic E-state index is 0.459. The van der Waals surface area contributed by atoms with Crippen molar-refractivity contribution in [3.8, 4) is 11.3 Å². The van der Waals surface area contributed by atoms with Crippen LogP contribution in [0.15, 0.2) is 36.7 Å². The number of piperazine rings is 1. The smallest absolute Gasteiger partial charge is 0.154 e. The fraction of sp³-hybridized carbons (Fsp3) is 0.450. The quantitative estimate of drug-likeness (QED) is 0.789. The monoisotopic (exact) mass is 348 g/mol. The molecule has 2 atom stereocenters. The van der Waals surface area contributed by atoms with Gasteiger partial charge in [0.2, 0.25) is 0 Å². The summed E-state index contributed by atoms with van der Waals surface area (Å²) in [4.78, 5) is 11.5. The van der Waals surface area contributed by atoms with Crippen LogP contribution in [0.5, 0.6) is 0 Å². The van der Waals surface area contributed by atoms with Crippen molar-refractivity contribution >= 4 is 11.5 Å². The molecule has 0 amide bonds. The molecule has 26 heavy (non-hydrogen) atoms. The van der Waals surface area contributed by atoms with E-state index >= 15 is 0 Å². The predicted octanol–water partition coefficient (Wildman–Crippen LogP) is 2.86. The van der Waals surface area contributed by atoms with Gasteiger partial charge in [-0.2, -0.15) is 0 Å². The van der Waals surface area contributed by atoms with Gasteiger partial charge in [-0.1, -0.05) is 0 Å². The Labute approximate surface area is 153 Å². The average molecular weight is 348 g/mol. The zero-order valence-corrected chi connectivity index (χ0v) is 15.3. The van der Waals surface area contributed by atoms with Crippen LogP contribution in [0, 0.1) is 0 Å². The largest absolute Gasteiger partial charge is 0.352 e. The van der Waals surface area contributed by atoms with E-state index in [2.05, 4.69) is 53.3 Å². The Bertz CT molecular complexity index is 920. The van der Waals surface area contributed by atoms with Crippen molar-refractivity contribution in [1.82, 2.24) is 24.9 Å². The summed E-state index contributed by atoms with van der Waals surface area (Å²) in [5.74, 6) is 1.59. The third-order valence-corrected chi connectivity index (χ3v) is 5.29. The van der Waals surface area contributed by atoms with Crippen LogP contribution in [0.25, 0.3) is 16.9 Å². The van der Waals surface area contributed by atoms with Crippen molar-refractivity contribution < 1.29 is 0 Å². The highest BCUT2D eigenvalue weighted by atomic mass is 15.4. The van der Waals surface area contributed by atoms with Gasteiger partial charge >= 0.3 is 0 Å². The average Bonchev–Trinajstić information content (AvgIpc) is 3.41. The van der Waals surface area contributed by atoms with Crippen LogP contribution < -0.4 is 10.2 Å². The van der Waals surface area contributed by atoms with Gasteiger partial charge in [-0.15, -0.1) is 5.10 Å². The molecule has 3 aromatic rings. The molecule has 1 saturated carbocycles. The molecule has 0 radical (unpaired) electrons. The lowest BCUT2D eigenvalue weighted by Crippen LogP contribution is -2.54. The fourth-order valence-corrected chi connectivity index (χ4v) is 4.04. The van der Waals surface area contributed by atoms with Crippen molar-refractivity contribution in [3.63, 3.8) is 0 Å². The van der Waals surface area contributed by atoms with Gasteiger partial charge in [0.15, 0.2) is 5.65 Å². The van der Waals surface area contributed by atoms with Gasteiger partial charge in [-0.3, -0.25) is 4.98 Å². The number of hydrogen-bond donors (Lipinski definition) is 1. The highest BCUT2D eigenvalue weighted by Gasteiger charge is 2.31. The number of rotatable bonds is 3. The van der Waals surface area contributed by atoms with Gasteiger partial charge in [0.1, 0.15) is 5.82 Å². The molecule has 6 nitrogen and oxygen atoms in total. The lowest BCUT2D eigenvalue weighted by molar-refractivity contribution is 0.404. The molecule has 0 aromatic carbocycles. The molecule has 0 spiro atoms. The van der Waals surface area contributed by atoms with Crippen LogP contribution in [0.4, 0.5) is 5.82 Å². The first-order chi connectivity index (χ1) is 12.7. The molecule has 2 aliphatic rings. The number of nitrogens with zero attached hydrogens (tertiary/aromatic N) is 5. The van der Waals surface area contributed by atoms with Gasteiger partial charge in [-0.05, 0) is 51.0 Å². The molecule has 0 bridgehead atoms. The second-order valence-corrected chi connectivity index (χ2v) is 7.69. The molecule has 6 heteroatoms. The maximum Gasteiger partial charge on any atom is 0.154 e. The van der Waals surface area contributed by atoms with E-state index < -0.39 is 0 Å². The van der Waals surface area contributed by atoms with Crippen LogP contribution in [-0.4, -0.2) is 44.8 Å². The van der Waals surface area contributed by atoms with Crippen molar-refractivity contribution in [2.24, 2.45) is 0 Å². The first-order valence-corrected chi connectivity index (χ1v) is 9.50. The molecule has 2 unspecified atom stereocenters. The van der Waals surface area contributed by atoms with E-state index in [0.717, 1.165) is 35.8 Å². The highest BCUT2D eigenvalue weighted by molar-refractivity contribution is 5.68. The van der Waals surface area contributed by atoms with E-state index in [1.54, 1.807) is 0 Å². The van der Waals surface area contributed by atoms with Gasteiger partial charge in [0, 0.05) is 49.0 Å². The van der Waals surface area contributed by atoms with Crippen LogP contribution in [0.2, 0.25) is 0 Å². The Hall–Kier alpha value is -2.47. The molecule has 4 heterocycles. The van der Waals surface area contributed by atoms with Crippen LogP contribution in [0.3, 0.4) is 0 Å². The predicted molar refractivity (Wildman–Crippen MR) is 102 cm³/mol. The maximum absolute atomic E-state index is 5.01. The van der Waals surface area contributed by atoms with Gasteiger partial charge in [0.05, 0.1) is 11.4 Å². The topological polar surface area (TPSA) is 58.4 Å². The molecule has 134 valence electrons. The molecule has 1 saturated heterocycles. The number of hydrogen-bond acceptors (Lipinski definition) is 5. The van der Waals surface area contributed by atoms with E-state index in [1.807, 2.05) is 16.9 Å². The Morgan fingerprint density at radius 1 is 1.00 bits per heavy atom. The fourth-order valence-electron chi connectivity index (χ4n) is 4.04. The number of pyridine rings is 1. The Balaban J connectivity index is 1.63. The molecule has 2 fully saturated rings. The number of imidazole rings is 1. The van der Waals surface area contributed by atoms with E-state index in [0.29, 0.717) is 18.0 Å². The Morgan fingerprint density at radius 2 is 1.73 bits per heavy atom. The summed E-state index contributed by atoms with van der Waals surface area (Å²) in [7, 11) is 0. The summed E-state index contributed by atoms with van der Waals surface area (Å²) in [5.41, 5.74) is 4.38. The van der Waals surface area contributed by atoms with Crippen molar-refractivity contribution in [3.05, 3.63) is 42.4 Å². The Morgan fingerprint density at radius 3 is 2.42 bits per heavy atom. The molecule has 1 aliphatic carbocycles. The second-order valence-electron chi connectivity index (χ2n) is 7.69. The minimum Gasteiger partial charge on any atom is -0.352 e. The van der Waals surface area contributed by atoms with E-state index in [1.165, 1.54) is 18.5 Å².